The molecule has 0 aliphatic carbocycles. The van der Waals surface area contributed by atoms with Crippen molar-refractivity contribution >= 4 is 29.6 Å². The number of amides is 4. The molecule has 7 nitrogen and oxygen atoms in total. The maximum Gasteiger partial charge on any atom is 0.335 e. The number of carbonyl (C=O) groups is 3. The summed E-state index contributed by atoms with van der Waals surface area (Å²) in [4.78, 5) is 39.8. The second kappa shape index (κ2) is 10.1. The molecule has 36 heavy (non-hydrogen) atoms. The quantitative estimate of drug-likeness (QED) is 0.385. The van der Waals surface area contributed by atoms with Crippen molar-refractivity contribution in [3.05, 3.63) is 93.6 Å². The summed E-state index contributed by atoms with van der Waals surface area (Å²) in [6.45, 7) is 8.05. The zero-order valence-corrected chi connectivity index (χ0v) is 21.0. The lowest BCUT2D eigenvalue weighted by molar-refractivity contribution is -0.122. The maximum atomic E-state index is 13.4. The molecule has 0 bridgehead atoms. The topological polar surface area (TPSA) is 84.9 Å². The van der Waals surface area contributed by atoms with Crippen LogP contribution in [0.3, 0.4) is 0 Å². The molecular formula is C29H28N2O5. The Hall–Kier alpha value is -4.39. The van der Waals surface area contributed by atoms with Gasteiger partial charge in [0.2, 0.25) is 0 Å². The van der Waals surface area contributed by atoms with Crippen LogP contribution < -0.4 is 19.7 Å². The number of methoxy groups -OCH3 is 1. The van der Waals surface area contributed by atoms with Crippen molar-refractivity contribution in [1.29, 1.82) is 0 Å². The number of hydrogen-bond donors (Lipinski definition) is 1. The van der Waals surface area contributed by atoms with E-state index in [1.54, 1.807) is 38.3 Å². The minimum atomic E-state index is -0.781. The first kappa shape index (κ1) is 24.7. The minimum Gasteiger partial charge on any atom is -0.497 e. The second-order valence-corrected chi connectivity index (χ2v) is 8.86. The van der Waals surface area contributed by atoms with Gasteiger partial charge in [0, 0.05) is 11.6 Å². The van der Waals surface area contributed by atoms with Gasteiger partial charge in [-0.25, -0.2) is 9.69 Å². The fourth-order valence-corrected chi connectivity index (χ4v) is 3.93. The van der Waals surface area contributed by atoms with Gasteiger partial charge in [0.25, 0.3) is 11.8 Å². The largest absolute Gasteiger partial charge is 0.497 e. The molecule has 184 valence electrons. The number of rotatable bonds is 6. The van der Waals surface area contributed by atoms with Crippen LogP contribution in [0.15, 0.2) is 60.2 Å². The summed E-state index contributed by atoms with van der Waals surface area (Å²) >= 11 is 0. The number of ether oxygens (including phenoxy) is 2. The van der Waals surface area contributed by atoms with Crippen LogP contribution in [0.2, 0.25) is 0 Å². The Labute approximate surface area is 210 Å². The van der Waals surface area contributed by atoms with Crippen molar-refractivity contribution in [2.24, 2.45) is 0 Å². The summed E-state index contributed by atoms with van der Waals surface area (Å²) < 4.78 is 11.4. The van der Waals surface area contributed by atoms with Crippen LogP contribution in [0.1, 0.15) is 33.4 Å². The van der Waals surface area contributed by atoms with Gasteiger partial charge in [-0.05, 0) is 79.8 Å². The molecule has 0 spiro atoms. The van der Waals surface area contributed by atoms with Crippen LogP contribution in [-0.2, 0) is 16.2 Å². The van der Waals surface area contributed by atoms with E-state index in [0.29, 0.717) is 22.7 Å². The van der Waals surface area contributed by atoms with Gasteiger partial charge in [0.1, 0.15) is 23.7 Å². The van der Waals surface area contributed by atoms with Crippen molar-refractivity contribution in [3.63, 3.8) is 0 Å². The van der Waals surface area contributed by atoms with E-state index in [1.807, 2.05) is 45.0 Å². The lowest BCUT2D eigenvalue weighted by Gasteiger charge is -2.28. The number of aryl methyl sites for hydroxylation is 4. The van der Waals surface area contributed by atoms with E-state index >= 15 is 0 Å². The number of hydrogen-bond acceptors (Lipinski definition) is 5. The first-order valence-electron chi connectivity index (χ1n) is 11.5. The highest BCUT2D eigenvalue weighted by Crippen LogP contribution is 2.30. The Balaban J connectivity index is 1.70. The molecule has 0 saturated carbocycles. The molecule has 1 aliphatic heterocycles. The van der Waals surface area contributed by atoms with Crippen LogP contribution in [0.25, 0.3) is 6.08 Å². The molecule has 1 aliphatic rings. The summed E-state index contributed by atoms with van der Waals surface area (Å²) in [5.41, 5.74) is 5.72. The molecule has 1 heterocycles. The summed E-state index contributed by atoms with van der Waals surface area (Å²) in [6.07, 6.45) is 1.44. The van der Waals surface area contributed by atoms with Crippen molar-refractivity contribution in [2.45, 2.75) is 34.3 Å². The predicted octanol–water partition coefficient (Wildman–Crippen LogP) is 5.17. The number of barbiturate groups is 1. The molecule has 4 amide bonds. The fourth-order valence-electron chi connectivity index (χ4n) is 3.93. The standard InChI is InChI=1S/C29H28N2O5/c1-17-6-7-19(3)25(12-17)31-28(33)24(27(32)30-29(31)34)14-22-10-11-23(35-5)15-26(22)36-16-21-9-8-18(2)20(4)13-21/h6-15H,16H2,1-5H3,(H,30,32,34)/b24-14+. The molecule has 1 N–H and O–H groups in total. The SMILES string of the molecule is COc1ccc(/C=C2\C(=O)NC(=O)N(c3cc(C)ccc3C)C2=O)c(OCc2ccc(C)c(C)c2)c1. The van der Waals surface area contributed by atoms with E-state index in [4.69, 9.17) is 9.47 Å². The molecule has 0 aromatic heterocycles. The Morgan fingerprint density at radius 3 is 2.33 bits per heavy atom. The number of nitrogens with zero attached hydrogens (tertiary/aromatic N) is 1. The van der Waals surface area contributed by atoms with Crippen LogP contribution in [0.4, 0.5) is 10.5 Å². The van der Waals surface area contributed by atoms with Crippen molar-refractivity contribution in [3.8, 4) is 11.5 Å². The molecule has 4 rings (SSSR count). The molecule has 7 heteroatoms. The third kappa shape index (κ3) is 5.00. The predicted molar refractivity (Wildman–Crippen MR) is 138 cm³/mol. The normalized spacial score (nSPS) is 14.8. The zero-order chi connectivity index (χ0) is 26.0. The Kier molecular flexibility index (Phi) is 6.92. The van der Waals surface area contributed by atoms with Crippen LogP contribution in [0, 0.1) is 27.7 Å². The van der Waals surface area contributed by atoms with Crippen LogP contribution in [-0.4, -0.2) is 25.0 Å². The molecule has 1 saturated heterocycles. The van der Waals surface area contributed by atoms with Crippen LogP contribution in [0.5, 0.6) is 11.5 Å². The highest BCUT2D eigenvalue weighted by molar-refractivity contribution is 6.39. The van der Waals surface area contributed by atoms with E-state index in [0.717, 1.165) is 27.2 Å². The number of imide groups is 2. The molecule has 0 atom stereocenters. The average Bonchev–Trinajstić information content (AvgIpc) is 2.84. The van der Waals surface area contributed by atoms with Crippen molar-refractivity contribution in [1.82, 2.24) is 5.32 Å². The van der Waals surface area contributed by atoms with Gasteiger partial charge in [-0.15, -0.1) is 0 Å². The zero-order valence-electron chi connectivity index (χ0n) is 21.0. The maximum absolute atomic E-state index is 13.4. The van der Waals surface area contributed by atoms with E-state index < -0.39 is 17.8 Å². The van der Waals surface area contributed by atoms with Gasteiger partial charge in [-0.1, -0.05) is 30.3 Å². The highest BCUT2D eigenvalue weighted by atomic mass is 16.5. The molecule has 0 radical (unpaired) electrons. The van der Waals surface area contributed by atoms with E-state index in [-0.39, 0.29) is 12.2 Å². The summed E-state index contributed by atoms with van der Waals surface area (Å²) in [5.74, 6) is -0.453. The minimum absolute atomic E-state index is 0.170. The number of urea groups is 1. The first-order valence-corrected chi connectivity index (χ1v) is 11.5. The number of carbonyl (C=O) groups excluding carboxylic acids is 3. The highest BCUT2D eigenvalue weighted by Gasteiger charge is 2.37. The smallest absolute Gasteiger partial charge is 0.335 e. The summed E-state index contributed by atoms with van der Waals surface area (Å²) in [5, 5.41) is 2.28. The Morgan fingerprint density at radius 2 is 1.61 bits per heavy atom. The number of nitrogens with one attached hydrogen (secondary N) is 1. The lowest BCUT2D eigenvalue weighted by atomic mass is 10.0. The van der Waals surface area contributed by atoms with Crippen LogP contribution >= 0.6 is 0 Å². The second-order valence-electron chi connectivity index (χ2n) is 8.86. The Morgan fingerprint density at radius 1 is 0.861 bits per heavy atom. The van der Waals surface area contributed by atoms with E-state index in [2.05, 4.69) is 11.4 Å². The van der Waals surface area contributed by atoms with Crippen molar-refractivity contribution < 1.29 is 23.9 Å². The third-order valence-electron chi connectivity index (χ3n) is 6.19. The van der Waals surface area contributed by atoms with Gasteiger partial charge < -0.3 is 9.47 Å². The fraction of sp³-hybridized carbons (Fsp3) is 0.207. The lowest BCUT2D eigenvalue weighted by Crippen LogP contribution is -2.54. The van der Waals surface area contributed by atoms with Gasteiger partial charge >= 0.3 is 6.03 Å². The first-order chi connectivity index (χ1) is 17.2. The van der Waals surface area contributed by atoms with Gasteiger partial charge in [0.15, 0.2) is 0 Å². The van der Waals surface area contributed by atoms with Gasteiger partial charge in [0.05, 0.1) is 12.8 Å². The van der Waals surface area contributed by atoms with Gasteiger partial charge in [-0.2, -0.15) is 0 Å². The van der Waals surface area contributed by atoms with E-state index in [1.165, 1.54) is 11.6 Å². The van der Waals surface area contributed by atoms with E-state index in [9.17, 15) is 14.4 Å². The average molecular weight is 485 g/mol. The van der Waals surface area contributed by atoms with Gasteiger partial charge in [-0.3, -0.25) is 14.9 Å². The molecule has 3 aromatic carbocycles. The molecular weight excluding hydrogens is 456 g/mol. The molecule has 1 fully saturated rings. The summed E-state index contributed by atoms with van der Waals surface area (Å²) in [7, 11) is 1.55. The number of benzene rings is 3. The molecule has 0 unspecified atom stereocenters. The molecule has 3 aromatic rings. The third-order valence-corrected chi connectivity index (χ3v) is 6.19. The monoisotopic (exact) mass is 484 g/mol. The summed E-state index contributed by atoms with van der Waals surface area (Å²) in [6, 6.07) is 15.9. The van der Waals surface area contributed by atoms with Crippen molar-refractivity contribution in [2.75, 3.05) is 12.0 Å². The Bertz CT molecular complexity index is 1410. The number of anilines is 1.